The number of aliphatic carboxylic acids is 1. The zero-order valence-electron chi connectivity index (χ0n) is 10.5. The summed E-state index contributed by atoms with van der Waals surface area (Å²) >= 11 is 0. The molecule has 2 unspecified atom stereocenters. The molecule has 1 fully saturated rings. The van der Waals surface area contributed by atoms with Crippen molar-refractivity contribution in [1.82, 2.24) is 10.6 Å². The summed E-state index contributed by atoms with van der Waals surface area (Å²) in [6.45, 7) is 1.22. The number of carboxylic acids is 1. The zero-order valence-corrected chi connectivity index (χ0v) is 10.5. The third-order valence-corrected chi connectivity index (χ3v) is 3.16. The Balaban J connectivity index is 2.04. The lowest BCUT2D eigenvalue weighted by atomic mass is 10.0. The lowest BCUT2D eigenvalue weighted by molar-refractivity contribution is -0.147. The first-order chi connectivity index (χ1) is 8.59. The topological polar surface area (TPSA) is 98.7 Å². The number of rotatable bonds is 7. The van der Waals surface area contributed by atoms with Crippen LogP contribution in [0.15, 0.2) is 0 Å². The summed E-state index contributed by atoms with van der Waals surface area (Å²) < 4.78 is 0. The van der Waals surface area contributed by atoms with Gasteiger partial charge in [-0.25, -0.2) is 4.79 Å². The van der Waals surface area contributed by atoms with Crippen LogP contribution in [0.3, 0.4) is 0 Å². The van der Waals surface area contributed by atoms with Crippen LogP contribution in [0.25, 0.3) is 0 Å². The molecule has 1 aliphatic rings. The molecule has 18 heavy (non-hydrogen) atoms. The van der Waals surface area contributed by atoms with Gasteiger partial charge in [-0.3, -0.25) is 4.79 Å². The maximum Gasteiger partial charge on any atom is 0.332 e. The molecule has 0 aromatic heterocycles. The van der Waals surface area contributed by atoms with Crippen LogP contribution in [0.4, 0.5) is 0 Å². The molecular formula is C12H22N2O4. The van der Waals surface area contributed by atoms with Crippen molar-refractivity contribution in [3.8, 4) is 0 Å². The molecule has 0 aromatic carbocycles. The van der Waals surface area contributed by atoms with E-state index in [9.17, 15) is 9.59 Å². The van der Waals surface area contributed by atoms with Crippen molar-refractivity contribution < 1.29 is 19.8 Å². The van der Waals surface area contributed by atoms with Crippen molar-refractivity contribution in [2.24, 2.45) is 0 Å². The van der Waals surface area contributed by atoms with E-state index in [4.69, 9.17) is 10.2 Å². The molecule has 4 N–H and O–H groups in total. The van der Waals surface area contributed by atoms with Gasteiger partial charge in [0.1, 0.15) is 0 Å². The molecule has 0 radical (unpaired) electrons. The highest BCUT2D eigenvalue weighted by molar-refractivity contribution is 5.76. The number of carbonyl (C=O) groups is 2. The lowest BCUT2D eigenvalue weighted by Gasteiger charge is -2.23. The SMILES string of the molecule is O=C(CCC1CCCCN1)NCCC(O)C(=O)O. The molecule has 0 saturated carbocycles. The number of amides is 1. The van der Waals surface area contributed by atoms with Gasteiger partial charge in [-0.2, -0.15) is 0 Å². The number of aliphatic hydroxyl groups excluding tert-OH is 1. The molecule has 1 heterocycles. The van der Waals surface area contributed by atoms with Gasteiger partial charge in [0.15, 0.2) is 6.10 Å². The molecular weight excluding hydrogens is 236 g/mol. The average molecular weight is 258 g/mol. The van der Waals surface area contributed by atoms with Gasteiger partial charge in [0.25, 0.3) is 0 Å². The maximum absolute atomic E-state index is 11.5. The number of piperidine rings is 1. The summed E-state index contributed by atoms with van der Waals surface area (Å²) in [7, 11) is 0. The summed E-state index contributed by atoms with van der Waals surface area (Å²) in [6.07, 6.45) is 3.44. The van der Waals surface area contributed by atoms with E-state index in [1.54, 1.807) is 0 Å². The Morgan fingerprint density at radius 1 is 1.39 bits per heavy atom. The molecule has 0 aromatic rings. The maximum atomic E-state index is 11.5. The first kappa shape index (κ1) is 14.9. The number of hydrogen-bond donors (Lipinski definition) is 4. The van der Waals surface area contributed by atoms with Crippen LogP contribution in [-0.4, -0.2) is 47.3 Å². The Morgan fingerprint density at radius 3 is 2.78 bits per heavy atom. The first-order valence-electron chi connectivity index (χ1n) is 6.50. The van der Waals surface area contributed by atoms with Gasteiger partial charge in [0.05, 0.1) is 0 Å². The standard InChI is InChI=1S/C12H22N2O4/c15-10(12(17)18)6-8-14-11(16)5-4-9-3-1-2-7-13-9/h9-10,13,15H,1-8H2,(H,14,16)(H,17,18). The second-order valence-corrected chi connectivity index (χ2v) is 4.68. The summed E-state index contributed by atoms with van der Waals surface area (Å²) in [6, 6.07) is 0.425. The molecule has 6 nitrogen and oxygen atoms in total. The molecule has 1 amide bonds. The van der Waals surface area contributed by atoms with Crippen molar-refractivity contribution in [2.75, 3.05) is 13.1 Å². The van der Waals surface area contributed by atoms with Crippen LogP contribution >= 0.6 is 0 Å². The van der Waals surface area contributed by atoms with Gasteiger partial charge >= 0.3 is 5.97 Å². The predicted octanol–water partition coefficient (Wildman–Crippen LogP) is -0.139. The van der Waals surface area contributed by atoms with E-state index in [1.165, 1.54) is 12.8 Å². The molecule has 1 aliphatic heterocycles. The smallest absolute Gasteiger partial charge is 0.332 e. The van der Waals surface area contributed by atoms with Crippen molar-refractivity contribution >= 4 is 11.9 Å². The molecule has 1 saturated heterocycles. The Hall–Kier alpha value is -1.14. The highest BCUT2D eigenvalue weighted by Gasteiger charge is 2.15. The third-order valence-electron chi connectivity index (χ3n) is 3.16. The van der Waals surface area contributed by atoms with Gasteiger partial charge in [-0.05, 0) is 25.8 Å². The van der Waals surface area contributed by atoms with Gasteiger partial charge < -0.3 is 20.8 Å². The fourth-order valence-electron chi connectivity index (χ4n) is 2.04. The number of aliphatic hydroxyl groups is 1. The van der Waals surface area contributed by atoms with E-state index < -0.39 is 12.1 Å². The van der Waals surface area contributed by atoms with E-state index in [-0.39, 0.29) is 18.9 Å². The van der Waals surface area contributed by atoms with Crippen molar-refractivity contribution in [1.29, 1.82) is 0 Å². The predicted molar refractivity (Wildman–Crippen MR) is 66.1 cm³/mol. The summed E-state index contributed by atoms with van der Waals surface area (Å²) in [5.74, 6) is -1.34. The second kappa shape index (κ2) is 8.05. The molecule has 6 heteroatoms. The van der Waals surface area contributed by atoms with Crippen molar-refractivity contribution in [2.45, 2.75) is 50.7 Å². The van der Waals surface area contributed by atoms with Crippen LogP contribution in [-0.2, 0) is 9.59 Å². The summed E-state index contributed by atoms with van der Waals surface area (Å²) in [5, 5.41) is 23.4. The van der Waals surface area contributed by atoms with Crippen LogP contribution in [0.1, 0.15) is 38.5 Å². The monoisotopic (exact) mass is 258 g/mol. The van der Waals surface area contributed by atoms with Crippen molar-refractivity contribution in [3.63, 3.8) is 0 Å². The lowest BCUT2D eigenvalue weighted by Crippen LogP contribution is -2.36. The van der Waals surface area contributed by atoms with Gasteiger partial charge in [0, 0.05) is 25.4 Å². The molecule has 2 atom stereocenters. The largest absolute Gasteiger partial charge is 0.479 e. The number of carbonyl (C=O) groups excluding carboxylic acids is 1. The number of carboxylic acid groups (broad SMARTS) is 1. The minimum Gasteiger partial charge on any atom is -0.479 e. The zero-order chi connectivity index (χ0) is 13.4. The molecule has 1 rings (SSSR count). The number of hydrogen-bond acceptors (Lipinski definition) is 4. The fourth-order valence-corrected chi connectivity index (χ4v) is 2.04. The van der Waals surface area contributed by atoms with Gasteiger partial charge in [-0.15, -0.1) is 0 Å². The fraction of sp³-hybridized carbons (Fsp3) is 0.833. The normalized spacial score (nSPS) is 21.3. The minimum atomic E-state index is -1.40. The molecule has 0 bridgehead atoms. The van der Waals surface area contributed by atoms with Crippen LogP contribution in [0.2, 0.25) is 0 Å². The van der Waals surface area contributed by atoms with E-state index >= 15 is 0 Å². The highest BCUT2D eigenvalue weighted by atomic mass is 16.4. The summed E-state index contributed by atoms with van der Waals surface area (Å²) in [4.78, 5) is 21.8. The second-order valence-electron chi connectivity index (χ2n) is 4.68. The van der Waals surface area contributed by atoms with E-state index in [1.807, 2.05) is 0 Å². The average Bonchev–Trinajstić information content (AvgIpc) is 2.37. The van der Waals surface area contributed by atoms with Crippen LogP contribution in [0.5, 0.6) is 0 Å². The third kappa shape index (κ3) is 5.97. The summed E-state index contributed by atoms with van der Waals surface area (Å²) in [5.41, 5.74) is 0. The highest BCUT2D eigenvalue weighted by Crippen LogP contribution is 2.11. The molecule has 0 spiro atoms. The van der Waals surface area contributed by atoms with Crippen LogP contribution < -0.4 is 10.6 Å². The Bertz CT molecular complexity index is 277. The molecule has 0 aliphatic carbocycles. The van der Waals surface area contributed by atoms with Crippen LogP contribution in [0, 0.1) is 0 Å². The van der Waals surface area contributed by atoms with Gasteiger partial charge in [0.2, 0.25) is 5.91 Å². The molecule has 104 valence electrons. The quantitative estimate of drug-likeness (QED) is 0.509. The van der Waals surface area contributed by atoms with Gasteiger partial charge in [-0.1, -0.05) is 6.42 Å². The Labute approximate surface area is 107 Å². The van der Waals surface area contributed by atoms with E-state index in [0.29, 0.717) is 12.5 Å². The van der Waals surface area contributed by atoms with Crippen molar-refractivity contribution in [3.05, 3.63) is 0 Å². The van der Waals surface area contributed by atoms with E-state index in [0.717, 1.165) is 19.4 Å². The van der Waals surface area contributed by atoms with E-state index in [2.05, 4.69) is 10.6 Å². The minimum absolute atomic E-state index is 0.0444. The Morgan fingerprint density at radius 2 is 2.17 bits per heavy atom. The first-order valence-corrected chi connectivity index (χ1v) is 6.50. The number of nitrogens with one attached hydrogen (secondary N) is 2. The Kier molecular flexibility index (Phi) is 6.67.